The van der Waals surface area contributed by atoms with Crippen LogP contribution >= 0.6 is 0 Å². The normalized spacial score (nSPS) is 38.0. The first-order chi connectivity index (χ1) is 8.09. The molecule has 17 heavy (non-hydrogen) atoms. The van der Waals surface area contributed by atoms with Gasteiger partial charge < -0.3 is 15.2 Å². The molecule has 2 aliphatic rings. The summed E-state index contributed by atoms with van der Waals surface area (Å²) in [5.74, 6) is 1.01. The van der Waals surface area contributed by atoms with Crippen molar-refractivity contribution in [1.29, 1.82) is 0 Å². The number of amides is 1. The van der Waals surface area contributed by atoms with Crippen LogP contribution < -0.4 is 5.32 Å². The van der Waals surface area contributed by atoms with E-state index < -0.39 is 5.60 Å². The van der Waals surface area contributed by atoms with Crippen LogP contribution in [0.3, 0.4) is 0 Å². The Balaban J connectivity index is 1.73. The van der Waals surface area contributed by atoms with Gasteiger partial charge in [0.05, 0.1) is 6.61 Å². The predicted octanol–water partition coefficient (Wildman–Crippen LogP) is 1.08. The zero-order chi connectivity index (χ0) is 12.3. The van der Waals surface area contributed by atoms with Crippen LogP contribution in [-0.2, 0) is 9.53 Å². The third-order valence-corrected chi connectivity index (χ3v) is 4.06. The Hall–Kier alpha value is -0.610. The molecule has 1 aliphatic heterocycles. The van der Waals surface area contributed by atoms with Gasteiger partial charge in [-0.1, -0.05) is 6.92 Å². The van der Waals surface area contributed by atoms with Crippen molar-refractivity contribution >= 4 is 5.91 Å². The van der Waals surface area contributed by atoms with E-state index in [2.05, 4.69) is 12.2 Å². The van der Waals surface area contributed by atoms with Crippen molar-refractivity contribution < 1.29 is 14.6 Å². The van der Waals surface area contributed by atoms with E-state index in [4.69, 9.17) is 4.74 Å². The molecular formula is C13H23NO3. The van der Waals surface area contributed by atoms with Gasteiger partial charge in [-0.3, -0.25) is 4.79 Å². The summed E-state index contributed by atoms with van der Waals surface area (Å²) < 4.78 is 5.15. The molecule has 1 amide bonds. The summed E-state index contributed by atoms with van der Waals surface area (Å²) in [5.41, 5.74) is -0.836. The number of aliphatic hydroxyl groups is 1. The number of rotatable bonds is 3. The molecule has 0 bridgehead atoms. The highest BCUT2D eigenvalue weighted by atomic mass is 16.5. The summed E-state index contributed by atoms with van der Waals surface area (Å²) in [7, 11) is 0. The van der Waals surface area contributed by atoms with Gasteiger partial charge in [-0.25, -0.2) is 0 Å². The van der Waals surface area contributed by atoms with Crippen molar-refractivity contribution in [3.8, 4) is 0 Å². The highest BCUT2D eigenvalue weighted by Gasteiger charge is 2.33. The summed E-state index contributed by atoms with van der Waals surface area (Å²) in [4.78, 5) is 11.9. The van der Waals surface area contributed by atoms with Gasteiger partial charge in [0.2, 0.25) is 5.91 Å². The van der Waals surface area contributed by atoms with Crippen LogP contribution in [0.15, 0.2) is 0 Å². The van der Waals surface area contributed by atoms with E-state index in [0.29, 0.717) is 26.2 Å². The van der Waals surface area contributed by atoms with Crippen molar-refractivity contribution in [3.05, 3.63) is 0 Å². The second kappa shape index (κ2) is 5.36. The fourth-order valence-electron chi connectivity index (χ4n) is 2.65. The van der Waals surface area contributed by atoms with Gasteiger partial charge in [0, 0.05) is 25.5 Å². The molecule has 98 valence electrons. The van der Waals surface area contributed by atoms with E-state index in [9.17, 15) is 9.90 Å². The molecule has 4 nitrogen and oxygen atoms in total. The lowest BCUT2D eigenvalue weighted by Gasteiger charge is -2.27. The molecule has 0 aromatic rings. The quantitative estimate of drug-likeness (QED) is 0.777. The topological polar surface area (TPSA) is 58.6 Å². The molecule has 1 atom stereocenters. The third-order valence-electron chi connectivity index (χ3n) is 4.06. The SMILES string of the molecule is CC1CCC(C(=O)NCC2(O)CCOC2)CC1. The Bertz CT molecular complexity index is 266. The molecule has 1 unspecified atom stereocenters. The zero-order valence-corrected chi connectivity index (χ0v) is 10.6. The molecule has 2 N–H and O–H groups in total. The Morgan fingerprint density at radius 3 is 2.71 bits per heavy atom. The molecule has 2 fully saturated rings. The zero-order valence-electron chi connectivity index (χ0n) is 10.6. The summed E-state index contributed by atoms with van der Waals surface area (Å²) in [6.07, 6.45) is 4.88. The molecule has 0 radical (unpaired) electrons. The Morgan fingerprint density at radius 1 is 1.41 bits per heavy atom. The van der Waals surface area contributed by atoms with Crippen LogP contribution in [0.2, 0.25) is 0 Å². The van der Waals surface area contributed by atoms with E-state index >= 15 is 0 Å². The smallest absolute Gasteiger partial charge is 0.223 e. The van der Waals surface area contributed by atoms with Gasteiger partial charge in [-0.2, -0.15) is 0 Å². The lowest BCUT2D eigenvalue weighted by Crippen LogP contribution is -2.45. The van der Waals surface area contributed by atoms with Crippen molar-refractivity contribution in [3.63, 3.8) is 0 Å². The van der Waals surface area contributed by atoms with E-state index in [1.165, 1.54) is 0 Å². The van der Waals surface area contributed by atoms with Gasteiger partial charge in [-0.05, 0) is 31.6 Å². The molecule has 1 aliphatic carbocycles. The van der Waals surface area contributed by atoms with Crippen molar-refractivity contribution in [2.24, 2.45) is 11.8 Å². The largest absolute Gasteiger partial charge is 0.386 e. The van der Waals surface area contributed by atoms with Crippen LogP contribution in [0.1, 0.15) is 39.0 Å². The van der Waals surface area contributed by atoms with E-state index in [-0.39, 0.29) is 11.8 Å². The first kappa shape index (κ1) is 12.8. The minimum atomic E-state index is -0.836. The van der Waals surface area contributed by atoms with Crippen LogP contribution in [0, 0.1) is 11.8 Å². The Morgan fingerprint density at radius 2 is 2.12 bits per heavy atom. The highest BCUT2D eigenvalue weighted by molar-refractivity contribution is 5.78. The average Bonchev–Trinajstić information content (AvgIpc) is 2.75. The summed E-state index contributed by atoms with van der Waals surface area (Å²) >= 11 is 0. The van der Waals surface area contributed by atoms with E-state index in [1.807, 2.05) is 0 Å². The van der Waals surface area contributed by atoms with Crippen LogP contribution in [0.4, 0.5) is 0 Å². The molecule has 0 spiro atoms. The average molecular weight is 241 g/mol. The van der Waals surface area contributed by atoms with Gasteiger partial charge in [0.25, 0.3) is 0 Å². The Labute approximate surface area is 103 Å². The van der Waals surface area contributed by atoms with Crippen LogP contribution in [0.5, 0.6) is 0 Å². The molecule has 0 aromatic carbocycles. The number of hydrogen-bond acceptors (Lipinski definition) is 3. The van der Waals surface area contributed by atoms with Gasteiger partial charge in [-0.15, -0.1) is 0 Å². The predicted molar refractivity (Wildman–Crippen MR) is 64.5 cm³/mol. The van der Waals surface area contributed by atoms with E-state index in [1.54, 1.807) is 0 Å². The van der Waals surface area contributed by atoms with Gasteiger partial charge in [0.1, 0.15) is 5.60 Å². The molecule has 4 heteroatoms. The molecular weight excluding hydrogens is 218 g/mol. The fourth-order valence-corrected chi connectivity index (χ4v) is 2.65. The number of hydrogen-bond donors (Lipinski definition) is 2. The maximum Gasteiger partial charge on any atom is 0.223 e. The number of carbonyl (C=O) groups excluding carboxylic acids is 1. The second-order valence-corrected chi connectivity index (χ2v) is 5.70. The maximum absolute atomic E-state index is 11.9. The highest BCUT2D eigenvalue weighted by Crippen LogP contribution is 2.28. The number of nitrogens with one attached hydrogen (secondary N) is 1. The summed E-state index contributed by atoms with van der Waals surface area (Å²) in [6, 6.07) is 0. The standard InChI is InChI=1S/C13H23NO3/c1-10-2-4-11(5-3-10)12(15)14-8-13(16)6-7-17-9-13/h10-11,16H,2-9H2,1H3,(H,14,15). The van der Waals surface area contributed by atoms with Gasteiger partial charge >= 0.3 is 0 Å². The minimum absolute atomic E-state index is 0.109. The van der Waals surface area contributed by atoms with Crippen molar-refractivity contribution in [2.75, 3.05) is 19.8 Å². The lowest BCUT2D eigenvalue weighted by atomic mass is 9.82. The second-order valence-electron chi connectivity index (χ2n) is 5.70. The van der Waals surface area contributed by atoms with E-state index in [0.717, 1.165) is 31.6 Å². The van der Waals surface area contributed by atoms with Gasteiger partial charge in [0.15, 0.2) is 0 Å². The molecule has 0 aromatic heterocycles. The fraction of sp³-hybridized carbons (Fsp3) is 0.923. The molecule has 1 saturated carbocycles. The summed E-state index contributed by atoms with van der Waals surface area (Å²) in [6.45, 7) is 3.51. The Kier molecular flexibility index (Phi) is 4.05. The number of ether oxygens (including phenoxy) is 1. The first-order valence-electron chi connectivity index (χ1n) is 6.67. The monoisotopic (exact) mass is 241 g/mol. The minimum Gasteiger partial charge on any atom is -0.386 e. The summed E-state index contributed by atoms with van der Waals surface area (Å²) in [5, 5.41) is 12.9. The lowest BCUT2D eigenvalue weighted by molar-refractivity contribution is -0.127. The molecule has 1 heterocycles. The first-order valence-corrected chi connectivity index (χ1v) is 6.67. The van der Waals surface area contributed by atoms with Crippen molar-refractivity contribution in [1.82, 2.24) is 5.32 Å². The molecule has 2 rings (SSSR count). The third kappa shape index (κ3) is 3.42. The number of carbonyl (C=O) groups is 1. The van der Waals surface area contributed by atoms with Crippen molar-refractivity contribution in [2.45, 2.75) is 44.6 Å². The maximum atomic E-state index is 11.9. The van der Waals surface area contributed by atoms with Crippen LogP contribution in [0.25, 0.3) is 0 Å². The molecule has 1 saturated heterocycles. The van der Waals surface area contributed by atoms with Crippen LogP contribution in [-0.4, -0.2) is 36.4 Å².